The van der Waals surface area contributed by atoms with Gasteiger partial charge in [0.2, 0.25) is 0 Å². The third-order valence-electron chi connectivity index (χ3n) is 6.14. The van der Waals surface area contributed by atoms with Crippen molar-refractivity contribution in [3.8, 4) is 5.75 Å². The lowest BCUT2D eigenvalue weighted by atomic mass is 9.66. The molecule has 3 rings (SSSR count). The molecule has 2 aliphatic rings. The maximum absolute atomic E-state index is 13.0. The fourth-order valence-electron chi connectivity index (χ4n) is 4.64. The minimum absolute atomic E-state index is 0.0599. The standard InChI is InChI=1S/C21H31NO4/c1-14(2)16-9-8-15(3)12-21(16,25)19(23)22-13-20(24)10-11-26-18-7-5-4-6-17(18)20/h4-7,14-16,24-25H,8-13H2,1-3H3,(H,22,23)/t15-,16+,20?,21+/m1/s1. The van der Waals surface area contributed by atoms with Crippen molar-refractivity contribution >= 4 is 5.91 Å². The van der Waals surface area contributed by atoms with Gasteiger partial charge in [-0.25, -0.2) is 0 Å². The zero-order chi connectivity index (χ0) is 18.9. The van der Waals surface area contributed by atoms with Gasteiger partial charge in [0.1, 0.15) is 17.0 Å². The number of nitrogens with one attached hydrogen (secondary N) is 1. The van der Waals surface area contributed by atoms with Gasteiger partial charge < -0.3 is 20.3 Å². The molecule has 4 atom stereocenters. The summed E-state index contributed by atoms with van der Waals surface area (Å²) in [5.74, 6) is 0.772. The summed E-state index contributed by atoms with van der Waals surface area (Å²) < 4.78 is 5.60. The summed E-state index contributed by atoms with van der Waals surface area (Å²) >= 11 is 0. The van der Waals surface area contributed by atoms with Gasteiger partial charge in [-0.3, -0.25) is 4.79 Å². The first-order valence-corrected chi connectivity index (χ1v) is 9.71. The van der Waals surface area contributed by atoms with Crippen LogP contribution < -0.4 is 10.1 Å². The number of ether oxygens (including phenoxy) is 1. The zero-order valence-electron chi connectivity index (χ0n) is 16.0. The van der Waals surface area contributed by atoms with Crippen LogP contribution in [0, 0.1) is 17.8 Å². The minimum atomic E-state index is -1.37. The fraction of sp³-hybridized carbons (Fsp3) is 0.667. The quantitative estimate of drug-likeness (QED) is 0.770. The van der Waals surface area contributed by atoms with Crippen molar-refractivity contribution in [2.75, 3.05) is 13.2 Å². The molecule has 1 aromatic carbocycles. The van der Waals surface area contributed by atoms with Gasteiger partial charge in [0.15, 0.2) is 0 Å². The van der Waals surface area contributed by atoms with E-state index in [0.717, 1.165) is 12.8 Å². The van der Waals surface area contributed by atoms with Crippen LogP contribution in [0.25, 0.3) is 0 Å². The molecule has 0 spiro atoms. The Balaban J connectivity index is 1.76. The van der Waals surface area contributed by atoms with Gasteiger partial charge in [0.25, 0.3) is 5.91 Å². The van der Waals surface area contributed by atoms with Crippen molar-refractivity contribution < 1.29 is 19.7 Å². The number of carbonyl (C=O) groups is 1. The van der Waals surface area contributed by atoms with E-state index < -0.39 is 11.2 Å². The van der Waals surface area contributed by atoms with Gasteiger partial charge in [-0.05, 0) is 36.7 Å². The second-order valence-corrected chi connectivity index (χ2v) is 8.47. The van der Waals surface area contributed by atoms with E-state index in [4.69, 9.17) is 4.74 Å². The van der Waals surface area contributed by atoms with E-state index in [-0.39, 0.29) is 24.3 Å². The van der Waals surface area contributed by atoms with E-state index in [9.17, 15) is 15.0 Å². The number of benzene rings is 1. The van der Waals surface area contributed by atoms with Gasteiger partial charge >= 0.3 is 0 Å². The smallest absolute Gasteiger partial charge is 0.252 e. The Labute approximate surface area is 155 Å². The predicted octanol–water partition coefficient (Wildman–Crippen LogP) is 2.60. The van der Waals surface area contributed by atoms with Gasteiger partial charge in [-0.15, -0.1) is 0 Å². The number of fused-ring (bicyclic) bond motifs is 1. The van der Waals surface area contributed by atoms with Crippen molar-refractivity contribution in [3.63, 3.8) is 0 Å². The summed E-state index contributed by atoms with van der Waals surface area (Å²) in [5.41, 5.74) is -1.85. The summed E-state index contributed by atoms with van der Waals surface area (Å²) in [6, 6.07) is 7.37. The van der Waals surface area contributed by atoms with E-state index >= 15 is 0 Å². The molecule has 1 unspecified atom stereocenters. The molecule has 1 aromatic rings. The molecule has 0 aromatic heterocycles. The SMILES string of the molecule is CC(C)[C@@H]1CC[C@@H](C)C[C@@]1(O)C(=O)NCC1(O)CCOc2ccccc21. The summed E-state index contributed by atoms with van der Waals surface area (Å²) in [5, 5.41) is 25.2. The van der Waals surface area contributed by atoms with Crippen molar-refractivity contribution in [2.45, 2.75) is 57.7 Å². The summed E-state index contributed by atoms with van der Waals surface area (Å²) in [4.78, 5) is 13.0. The predicted molar refractivity (Wildman–Crippen MR) is 99.8 cm³/mol. The second kappa shape index (κ2) is 7.20. The Hall–Kier alpha value is -1.59. The minimum Gasteiger partial charge on any atom is -0.493 e. The Bertz CT molecular complexity index is 661. The van der Waals surface area contributed by atoms with Crippen LogP contribution in [-0.2, 0) is 10.4 Å². The molecule has 5 heteroatoms. The van der Waals surface area contributed by atoms with Crippen LogP contribution in [0.3, 0.4) is 0 Å². The maximum Gasteiger partial charge on any atom is 0.252 e. The first-order chi connectivity index (χ1) is 12.3. The molecular formula is C21H31NO4. The molecule has 1 saturated carbocycles. The largest absolute Gasteiger partial charge is 0.493 e. The fourth-order valence-corrected chi connectivity index (χ4v) is 4.64. The average Bonchev–Trinajstić information content (AvgIpc) is 2.60. The van der Waals surface area contributed by atoms with Crippen LogP contribution in [0.5, 0.6) is 5.75 Å². The monoisotopic (exact) mass is 361 g/mol. The Morgan fingerprint density at radius 3 is 2.77 bits per heavy atom. The number of para-hydroxylation sites is 1. The third kappa shape index (κ3) is 3.47. The van der Waals surface area contributed by atoms with E-state index in [1.807, 2.05) is 24.3 Å². The van der Waals surface area contributed by atoms with Crippen molar-refractivity contribution in [2.24, 2.45) is 17.8 Å². The molecule has 5 nitrogen and oxygen atoms in total. The van der Waals surface area contributed by atoms with E-state index in [0.29, 0.717) is 36.7 Å². The number of carbonyl (C=O) groups excluding carboxylic acids is 1. The van der Waals surface area contributed by atoms with Crippen LogP contribution in [0.1, 0.15) is 52.0 Å². The summed E-state index contributed by atoms with van der Waals surface area (Å²) in [6.45, 7) is 6.67. The highest BCUT2D eigenvalue weighted by atomic mass is 16.5. The molecule has 1 amide bonds. The highest BCUT2D eigenvalue weighted by Gasteiger charge is 2.49. The van der Waals surface area contributed by atoms with Gasteiger partial charge in [-0.1, -0.05) is 45.4 Å². The molecule has 0 radical (unpaired) electrons. The molecule has 26 heavy (non-hydrogen) atoms. The first-order valence-electron chi connectivity index (χ1n) is 9.71. The molecular weight excluding hydrogens is 330 g/mol. The number of hydrogen-bond acceptors (Lipinski definition) is 4. The highest BCUT2D eigenvalue weighted by Crippen LogP contribution is 2.42. The lowest BCUT2D eigenvalue weighted by Crippen LogP contribution is -2.58. The van der Waals surface area contributed by atoms with Crippen molar-refractivity contribution in [1.29, 1.82) is 0 Å². The van der Waals surface area contributed by atoms with Crippen molar-refractivity contribution in [3.05, 3.63) is 29.8 Å². The van der Waals surface area contributed by atoms with Gasteiger partial charge in [-0.2, -0.15) is 0 Å². The Kier molecular flexibility index (Phi) is 5.31. The zero-order valence-corrected chi connectivity index (χ0v) is 16.0. The molecule has 144 valence electrons. The molecule has 0 bridgehead atoms. The maximum atomic E-state index is 13.0. The molecule has 1 aliphatic heterocycles. The summed E-state index contributed by atoms with van der Waals surface area (Å²) in [6.07, 6.45) is 2.77. The normalized spacial score (nSPS) is 34.1. The van der Waals surface area contributed by atoms with Crippen LogP contribution >= 0.6 is 0 Å². The van der Waals surface area contributed by atoms with Gasteiger partial charge in [0.05, 0.1) is 13.2 Å². The molecule has 3 N–H and O–H groups in total. The topological polar surface area (TPSA) is 78.8 Å². The van der Waals surface area contributed by atoms with Crippen LogP contribution in [0.15, 0.2) is 24.3 Å². The number of aliphatic hydroxyl groups is 2. The van der Waals surface area contributed by atoms with Crippen molar-refractivity contribution in [1.82, 2.24) is 5.32 Å². The average molecular weight is 361 g/mol. The van der Waals surface area contributed by atoms with E-state index in [1.165, 1.54) is 0 Å². The molecule has 1 heterocycles. The molecule has 1 aliphatic carbocycles. The number of hydrogen-bond donors (Lipinski definition) is 3. The van der Waals surface area contributed by atoms with E-state index in [1.54, 1.807) is 0 Å². The van der Waals surface area contributed by atoms with Crippen LogP contribution in [0.4, 0.5) is 0 Å². The molecule has 0 saturated heterocycles. The number of amides is 1. The van der Waals surface area contributed by atoms with Crippen LogP contribution in [-0.4, -0.2) is 34.9 Å². The van der Waals surface area contributed by atoms with Crippen LogP contribution in [0.2, 0.25) is 0 Å². The lowest BCUT2D eigenvalue weighted by molar-refractivity contribution is -0.157. The molecule has 1 fully saturated rings. The number of rotatable bonds is 4. The Morgan fingerprint density at radius 1 is 1.31 bits per heavy atom. The summed E-state index contributed by atoms with van der Waals surface area (Å²) in [7, 11) is 0. The van der Waals surface area contributed by atoms with Gasteiger partial charge in [0, 0.05) is 12.0 Å². The van der Waals surface area contributed by atoms with E-state index in [2.05, 4.69) is 26.1 Å². The highest BCUT2D eigenvalue weighted by molar-refractivity contribution is 5.85. The second-order valence-electron chi connectivity index (χ2n) is 8.47. The Morgan fingerprint density at radius 2 is 2.04 bits per heavy atom. The lowest BCUT2D eigenvalue weighted by Gasteiger charge is -2.44. The third-order valence-corrected chi connectivity index (χ3v) is 6.14. The first kappa shape index (κ1) is 19.2.